The predicted molar refractivity (Wildman–Crippen MR) is 43.9 cm³/mol. The van der Waals surface area contributed by atoms with E-state index in [-0.39, 0.29) is 6.54 Å². The van der Waals surface area contributed by atoms with Crippen molar-refractivity contribution in [1.29, 1.82) is 0 Å². The van der Waals surface area contributed by atoms with Gasteiger partial charge in [-0.2, -0.15) is 0 Å². The lowest BCUT2D eigenvalue weighted by atomic mass is 10.3. The third-order valence-electron chi connectivity index (χ3n) is 1.14. The van der Waals surface area contributed by atoms with Gasteiger partial charge in [0.1, 0.15) is 0 Å². The average Bonchev–Trinajstić information content (AvgIpc) is 2.10. The zero-order valence-corrected chi connectivity index (χ0v) is 6.78. The zero-order chi connectivity index (χ0) is 10.3. The fraction of sp³-hybridized carbons (Fsp3) is 0.429. The standard InChI is InChI=1S/C7H10N2O4/c1-2-3-8-7(13)9-5(4-10)6(11)12/h1,5,10H,3-4H2,(H,11,12)(H2,8,9,13)/t5-/m0/s1. The molecule has 0 aliphatic carbocycles. The highest BCUT2D eigenvalue weighted by Crippen LogP contribution is 1.81. The molecule has 0 heterocycles. The first-order valence-electron chi connectivity index (χ1n) is 3.43. The van der Waals surface area contributed by atoms with Crippen LogP contribution < -0.4 is 10.6 Å². The summed E-state index contributed by atoms with van der Waals surface area (Å²) >= 11 is 0. The number of terminal acetylenes is 1. The molecule has 0 spiro atoms. The molecule has 1 atom stereocenters. The first-order chi connectivity index (χ1) is 6.11. The van der Waals surface area contributed by atoms with E-state index in [1.807, 2.05) is 5.32 Å². The van der Waals surface area contributed by atoms with Gasteiger partial charge in [-0.15, -0.1) is 6.42 Å². The number of aliphatic hydroxyl groups is 1. The van der Waals surface area contributed by atoms with E-state index in [4.69, 9.17) is 16.6 Å². The van der Waals surface area contributed by atoms with Crippen molar-refractivity contribution in [2.75, 3.05) is 13.2 Å². The van der Waals surface area contributed by atoms with Crippen LogP contribution in [0.4, 0.5) is 4.79 Å². The molecule has 0 radical (unpaired) electrons. The Morgan fingerprint density at radius 2 is 2.15 bits per heavy atom. The molecular weight excluding hydrogens is 176 g/mol. The number of hydrogen-bond donors (Lipinski definition) is 4. The maximum atomic E-state index is 10.8. The quantitative estimate of drug-likeness (QED) is 0.396. The summed E-state index contributed by atoms with van der Waals surface area (Å²) in [6.07, 6.45) is 4.84. The minimum Gasteiger partial charge on any atom is -0.480 e. The maximum absolute atomic E-state index is 10.8. The monoisotopic (exact) mass is 186 g/mol. The number of carbonyl (C=O) groups is 2. The molecule has 72 valence electrons. The predicted octanol–water partition coefficient (Wildman–Crippen LogP) is -1.64. The highest BCUT2D eigenvalue weighted by molar-refractivity contribution is 5.82. The summed E-state index contributed by atoms with van der Waals surface area (Å²) in [7, 11) is 0. The molecule has 0 saturated carbocycles. The van der Waals surface area contributed by atoms with Gasteiger partial charge in [-0.1, -0.05) is 5.92 Å². The van der Waals surface area contributed by atoms with E-state index in [2.05, 4.69) is 11.2 Å². The van der Waals surface area contributed by atoms with E-state index in [9.17, 15) is 9.59 Å². The Hall–Kier alpha value is -1.74. The van der Waals surface area contributed by atoms with E-state index in [0.717, 1.165) is 0 Å². The normalized spacial score (nSPS) is 11.1. The second kappa shape index (κ2) is 5.85. The minimum atomic E-state index is -1.31. The van der Waals surface area contributed by atoms with E-state index < -0.39 is 24.6 Å². The van der Waals surface area contributed by atoms with E-state index in [1.54, 1.807) is 0 Å². The Labute approximate surface area is 74.9 Å². The molecule has 13 heavy (non-hydrogen) atoms. The number of carboxylic acid groups (broad SMARTS) is 1. The summed E-state index contributed by atoms with van der Waals surface area (Å²) < 4.78 is 0. The molecule has 6 heteroatoms. The lowest BCUT2D eigenvalue weighted by Crippen LogP contribution is -2.47. The fourth-order valence-electron chi connectivity index (χ4n) is 0.526. The van der Waals surface area contributed by atoms with Crippen LogP contribution in [0.1, 0.15) is 0 Å². The molecule has 0 aromatic heterocycles. The van der Waals surface area contributed by atoms with Crippen molar-refractivity contribution in [3.8, 4) is 12.3 Å². The number of carboxylic acids is 1. The van der Waals surface area contributed by atoms with Crippen molar-refractivity contribution < 1.29 is 19.8 Å². The molecule has 0 aliphatic heterocycles. The Balaban J connectivity index is 3.88. The van der Waals surface area contributed by atoms with Crippen LogP contribution in [0.3, 0.4) is 0 Å². The molecule has 0 aliphatic rings. The summed E-state index contributed by atoms with van der Waals surface area (Å²) in [4.78, 5) is 21.1. The molecule has 2 amide bonds. The summed E-state index contributed by atoms with van der Waals surface area (Å²) in [6, 6.07) is -2.03. The lowest BCUT2D eigenvalue weighted by Gasteiger charge is -2.11. The third-order valence-corrected chi connectivity index (χ3v) is 1.14. The number of urea groups is 1. The van der Waals surface area contributed by atoms with E-state index in [0.29, 0.717) is 0 Å². The lowest BCUT2D eigenvalue weighted by molar-refractivity contribution is -0.140. The SMILES string of the molecule is C#CCNC(=O)N[C@@H](CO)C(=O)O. The second-order valence-electron chi connectivity index (χ2n) is 2.10. The molecule has 0 fully saturated rings. The van der Waals surface area contributed by atoms with Crippen molar-refractivity contribution in [3.05, 3.63) is 0 Å². The largest absolute Gasteiger partial charge is 0.480 e. The van der Waals surface area contributed by atoms with Crippen LogP contribution in [0.25, 0.3) is 0 Å². The first kappa shape index (κ1) is 11.3. The molecule has 0 bridgehead atoms. The number of rotatable bonds is 4. The van der Waals surface area contributed by atoms with Crippen LogP contribution >= 0.6 is 0 Å². The topological polar surface area (TPSA) is 98.7 Å². The van der Waals surface area contributed by atoms with Gasteiger partial charge in [-0.05, 0) is 0 Å². The van der Waals surface area contributed by atoms with Gasteiger partial charge in [-0.25, -0.2) is 9.59 Å². The van der Waals surface area contributed by atoms with Crippen LogP contribution in [-0.2, 0) is 4.79 Å². The van der Waals surface area contributed by atoms with Gasteiger partial charge in [0, 0.05) is 0 Å². The fourth-order valence-corrected chi connectivity index (χ4v) is 0.526. The first-order valence-corrected chi connectivity index (χ1v) is 3.43. The average molecular weight is 186 g/mol. The Bertz CT molecular complexity index is 233. The molecule has 0 saturated heterocycles. The van der Waals surface area contributed by atoms with Gasteiger partial charge in [0.05, 0.1) is 13.2 Å². The van der Waals surface area contributed by atoms with Crippen LogP contribution in [0.15, 0.2) is 0 Å². The Kier molecular flexibility index (Phi) is 5.07. The molecule has 0 aromatic rings. The number of aliphatic carboxylic acids is 1. The molecule has 0 aromatic carbocycles. The molecular formula is C7H10N2O4. The van der Waals surface area contributed by atoms with Crippen molar-refractivity contribution in [2.45, 2.75) is 6.04 Å². The smallest absolute Gasteiger partial charge is 0.328 e. The number of aliphatic hydroxyl groups excluding tert-OH is 1. The molecule has 4 N–H and O–H groups in total. The maximum Gasteiger partial charge on any atom is 0.328 e. The Morgan fingerprint density at radius 3 is 2.54 bits per heavy atom. The van der Waals surface area contributed by atoms with Gasteiger partial charge in [0.25, 0.3) is 0 Å². The molecule has 6 nitrogen and oxygen atoms in total. The van der Waals surface area contributed by atoms with Gasteiger partial charge in [-0.3, -0.25) is 0 Å². The minimum absolute atomic E-state index is 0.00357. The molecule has 0 rings (SSSR count). The highest BCUT2D eigenvalue weighted by atomic mass is 16.4. The van der Waals surface area contributed by atoms with Crippen LogP contribution in [0.5, 0.6) is 0 Å². The summed E-state index contributed by atoms with van der Waals surface area (Å²) in [5.41, 5.74) is 0. The van der Waals surface area contributed by atoms with Crippen molar-refractivity contribution in [3.63, 3.8) is 0 Å². The highest BCUT2D eigenvalue weighted by Gasteiger charge is 2.17. The van der Waals surface area contributed by atoms with Gasteiger partial charge < -0.3 is 20.8 Å². The number of carbonyl (C=O) groups excluding carboxylic acids is 1. The van der Waals surface area contributed by atoms with E-state index in [1.165, 1.54) is 0 Å². The zero-order valence-electron chi connectivity index (χ0n) is 6.78. The summed E-state index contributed by atoms with van der Waals surface area (Å²) in [5, 5.41) is 21.1. The Morgan fingerprint density at radius 1 is 1.54 bits per heavy atom. The summed E-state index contributed by atoms with van der Waals surface area (Å²) in [6.45, 7) is -0.664. The van der Waals surface area contributed by atoms with E-state index >= 15 is 0 Å². The van der Waals surface area contributed by atoms with Crippen molar-refractivity contribution >= 4 is 12.0 Å². The van der Waals surface area contributed by atoms with Gasteiger partial charge in [0.15, 0.2) is 6.04 Å². The van der Waals surface area contributed by atoms with Crippen LogP contribution in [0, 0.1) is 12.3 Å². The van der Waals surface area contributed by atoms with Crippen molar-refractivity contribution in [2.24, 2.45) is 0 Å². The van der Waals surface area contributed by atoms with Crippen molar-refractivity contribution in [1.82, 2.24) is 10.6 Å². The second-order valence-corrected chi connectivity index (χ2v) is 2.10. The number of hydrogen-bond acceptors (Lipinski definition) is 3. The summed E-state index contributed by atoms with van der Waals surface area (Å²) in [5.74, 6) is 0.830. The number of nitrogens with one attached hydrogen (secondary N) is 2. The van der Waals surface area contributed by atoms with Gasteiger partial charge in [0.2, 0.25) is 0 Å². The third kappa shape index (κ3) is 4.66. The number of amides is 2. The van der Waals surface area contributed by atoms with Gasteiger partial charge >= 0.3 is 12.0 Å². The van der Waals surface area contributed by atoms with Crippen LogP contribution in [0.2, 0.25) is 0 Å². The molecule has 0 unspecified atom stereocenters. The van der Waals surface area contributed by atoms with Crippen LogP contribution in [-0.4, -0.2) is 41.4 Å².